The van der Waals surface area contributed by atoms with Crippen molar-refractivity contribution >= 4 is 6.09 Å². The molecule has 0 N–H and O–H groups in total. The average Bonchev–Trinajstić information content (AvgIpc) is 3.08. The van der Waals surface area contributed by atoms with E-state index in [0.717, 1.165) is 71.4 Å². The summed E-state index contributed by atoms with van der Waals surface area (Å²) in [6.45, 7) is 13.3. The standard InChI is InChI=1S/C23H40N2O4/c1-18(25-11-9-22(29-20(25)26)7-5-6-8-22)15-19-16-23(10-13-27-19)17-24(12-14-28-23)21(2,3)4/h18-19H,5-17H2,1-4H3. The van der Waals surface area contributed by atoms with Gasteiger partial charge in [0.2, 0.25) is 0 Å². The summed E-state index contributed by atoms with van der Waals surface area (Å²) in [5.74, 6) is 0. The van der Waals surface area contributed by atoms with Crippen molar-refractivity contribution in [3.05, 3.63) is 0 Å². The van der Waals surface area contributed by atoms with Gasteiger partial charge in [-0.1, -0.05) is 0 Å². The summed E-state index contributed by atoms with van der Waals surface area (Å²) in [6.07, 6.45) is 8.16. The minimum Gasteiger partial charge on any atom is -0.443 e. The Bertz CT molecular complexity index is 594. The molecule has 166 valence electrons. The van der Waals surface area contributed by atoms with E-state index < -0.39 is 0 Å². The molecular formula is C23H40N2O4. The van der Waals surface area contributed by atoms with Gasteiger partial charge >= 0.3 is 6.09 Å². The summed E-state index contributed by atoms with van der Waals surface area (Å²) in [5.41, 5.74) is -0.110. The van der Waals surface area contributed by atoms with Gasteiger partial charge in [-0.3, -0.25) is 4.90 Å². The molecule has 0 aromatic rings. The molecule has 4 aliphatic rings. The molecule has 29 heavy (non-hydrogen) atoms. The Hall–Kier alpha value is -0.850. The maximum absolute atomic E-state index is 12.7. The van der Waals surface area contributed by atoms with Gasteiger partial charge in [0.15, 0.2) is 0 Å². The second-order valence-corrected chi connectivity index (χ2v) is 10.9. The number of nitrogens with zero attached hydrogens (tertiary/aromatic N) is 2. The van der Waals surface area contributed by atoms with Gasteiger partial charge in [-0.05, 0) is 59.8 Å². The molecule has 0 radical (unpaired) electrons. The van der Waals surface area contributed by atoms with Crippen molar-refractivity contribution in [3.63, 3.8) is 0 Å². The van der Waals surface area contributed by atoms with E-state index in [9.17, 15) is 4.79 Å². The van der Waals surface area contributed by atoms with Crippen LogP contribution >= 0.6 is 0 Å². The normalized spacial score (nSPS) is 34.6. The first-order valence-electron chi connectivity index (χ1n) is 11.7. The van der Waals surface area contributed by atoms with Crippen LogP contribution in [-0.2, 0) is 14.2 Å². The van der Waals surface area contributed by atoms with Gasteiger partial charge in [-0.15, -0.1) is 0 Å². The van der Waals surface area contributed by atoms with Crippen LogP contribution in [0.1, 0.15) is 79.1 Å². The predicted molar refractivity (Wildman–Crippen MR) is 112 cm³/mol. The van der Waals surface area contributed by atoms with E-state index >= 15 is 0 Å². The second kappa shape index (κ2) is 8.01. The zero-order valence-corrected chi connectivity index (χ0v) is 18.9. The lowest BCUT2D eigenvalue weighted by Gasteiger charge is -2.51. The third kappa shape index (κ3) is 4.59. The average molecular weight is 409 g/mol. The number of rotatable bonds is 3. The summed E-state index contributed by atoms with van der Waals surface area (Å²) in [6, 6.07) is 0.128. The molecule has 0 aromatic heterocycles. The van der Waals surface area contributed by atoms with Gasteiger partial charge in [0.1, 0.15) is 5.60 Å². The molecule has 3 unspecified atom stereocenters. The SMILES string of the molecule is CC(CC1CC2(CCO1)CN(C(C)(C)C)CCO2)N1CCC2(CCCC2)OC1=O. The number of amides is 1. The van der Waals surface area contributed by atoms with E-state index in [1.165, 1.54) is 12.8 Å². The minimum absolute atomic E-state index is 0.107. The molecular weight excluding hydrogens is 368 g/mol. The number of morpholine rings is 1. The van der Waals surface area contributed by atoms with Crippen molar-refractivity contribution in [2.24, 2.45) is 0 Å². The topological polar surface area (TPSA) is 51.2 Å². The maximum Gasteiger partial charge on any atom is 0.410 e. The molecule has 2 spiro atoms. The minimum atomic E-state index is -0.162. The van der Waals surface area contributed by atoms with E-state index in [4.69, 9.17) is 14.2 Å². The Balaban J connectivity index is 1.34. The van der Waals surface area contributed by atoms with Crippen molar-refractivity contribution in [2.45, 2.75) is 108 Å². The van der Waals surface area contributed by atoms with Gasteiger partial charge in [-0.2, -0.15) is 0 Å². The van der Waals surface area contributed by atoms with Gasteiger partial charge in [0, 0.05) is 57.1 Å². The Labute approximate surface area is 176 Å². The Kier molecular flexibility index (Phi) is 5.91. The number of carbonyl (C=O) groups excluding carboxylic acids is 1. The van der Waals surface area contributed by atoms with E-state index in [2.05, 4.69) is 32.6 Å². The molecule has 0 bridgehead atoms. The highest BCUT2D eigenvalue weighted by Gasteiger charge is 2.46. The summed E-state index contributed by atoms with van der Waals surface area (Å²) >= 11 is 0. The molecule has 3 aliphatic heterocycles. The Morgan fingerprint density at radius 1 is 1.07 bits per heavy atom. The fourth-order valence-electron chi connectivity index (χ4n) is 5.82. The fraction of sp³-hybridized carbons (Fsp3) is 0.957. The quantitative estimate of drug-likeness (QED) is 0.707. The van der Waals surface area contributed by atoms with Gasteiger partial charge in [0.05, 0.1) is 18.3 Å². The lowest BCUT2D eigenvalue weighted by molar-refractivity contribution is -0.186. The first kappa shape index (κ1) is 21.4. The van der Waals surface area contributed by atoms with Crippen LogP contribution in [-0.4, -0.2) is 77.6 Å². The largest absolute Gasteiger partial charge is 0.443 e. The third-order valence-electron chi connectivity index (χ3n) is 7.71. The van der Waals surface area contributed by atoms with Crippen molar-refractivity contribution in [1.29, 1.82) is 0 Å². The smallest absolute Gasteiger partial charge is 0.410 e. The van der Waals surface area contributed by atoms with Crippen LogP contribution in [0.2, 0.25) is 0 Å². The molecule has 1 aliphatic carbocycles. The molecule has 3 heterocycles. The second-order valence-electron chi connectivity index (χ2n) is 10.9. The lowest BCUT2D eigenvalue weighted by atomic mass is 9.85. The van der Waals surface area contributed by atoms with Crippen molar-refractivity contribution in [1.82, 2.24) is 9.80 Å². The third-order valence-corrected chi connectivity index (χ3v) is 7.71. The number of carbonyl (C=O) groups is 1. The van der Waals surface area contributed by atoms with Gasteiger partial charge in [-0.25, -0.2) is 4.79 Å². The van der Waals surface area contributed by atoms with Crippen molar-refractivity contribution in [3.8, 4) is 0 Å². The van der Waals surface area contributed by atoms with Crippen molar-refractivity contribution < 1.29 is 19.0 Å². The number of hydrogen-bond acceptors (Lipinski definition) is 5. The van der Waals surface area contributed by atoms with Crippen LogP contribution in [0, 0.1) is 0 Å². The molecule has 3 saturated heterocycles. The van der Waals surface area contributed by atoms with Crippen LogP contribution in [0.5, 0.6) is 0 Å². The summed E-state index contributed by atoms with van der Waals surface area (Å²) in [4.78, 5) is 17.2. The molecule has 6 heteroatoms. The molecule has 4 rings (SSSR count). The first-order valence-corrected chi connectivity index (χ1v) is 11.7. The fourth-order valence-corrected chi connectivity index (χ4v) is 5.82. The summed E-state index contributed by atoms with van der Waals surface area (Å²) < 4.78 is 18.4. The van der Waals surface area contributed by atoms with Gasteiger partial charge < -0.3 is 19.1 Å². The monoisotopic (exact) mass is 408 g/mol. The molecule has 4 fully saturated rings. The zero-order chi connectivity index (χ0) is 20.7. The van der Waals surface area contributed by atoms with Crippen LogP contribution in [0.25, 0.3) is 0 Å². The number of hydrogen-bond donors (Lipinski definition) is 0. The first-order chi connectivity index (χ1) is 13.7. The highest BCUT2D eigenvalue weighted by Crippen LogP contribution is 2.40. The van der Waals surface area contributed by atoms with E-state index in [1.54, 1.807) is 0 Å². The highest BCUT2D eigenvalue weighted by atomic mass is 16.6. The van der Waals surface area contributed by atoms with Gasteiger partial charge in [0.25, 0.3) is 0 Å². The zero-order valence-electron chi connectivity index (χ0n) is 18.9. The van der Waals surface area contributed by atoms with Crippen LogP contribution in [0.3, 0.4) is 0 Å². The summed E-state index contributed by atoms with van der Waals surface area (Å²) in [5, 5.41) is 0. The Morgan fingerprint density at radius 2 is 1.83 bits per heavy atom. The van der Waals surface area contributed by atoms with Crippen LogP contribution in [0.15, 0.2) is 0 Å². The lowest BCUT2D eigenvalue weighted by Crippen LogP contribution is -2.60. The predicted octanol–water partition coefficient (Wildman–Crippen LogP) is 3.97. The molecule has 1 amide bonds. The van der Waals surface area contributed by atoms with Crippen molar-refractivity contribution in [2.75, 3.05) is 32.8 Å². The van der Waals surface area contributed by atoms with Crippen LogP contribution < -0.4 is 0 Å². The molecule has 0 aromatic carbocycles. The number of ether oxygens (including phenoxy) is 3. The molecule has 3 atom stereocenters. The highest BCUT2D eigenvalue weighted by molar-refractivity contribution is 5.69. The van der Waals surface area contributed by atoms with E-state index in [0.29, 0.717) is 0 Å². The molecule has 6 nitrogen and oxygen atoms in total. The van der Waals surface area contributed by atoms with Crippen LogP contribution in [0.4, 0.5) is 4.79 Å². The van der Waals surface area contributed by atoms with E-state index in [1.807, 2.05) is 4.90 Å². The maximum atomic E-state index is 12.7. The Morgan fingerprint density at radius 3 is 2.52 bits per heavy atom. The van der Waals surface area contributed by atoms with E-state index in [-0.39, 0.29) is 35.0 Å². The molecule has 1 saturated carbocycles. The summed E-state index contributed by atoms with van der Waals surface area (Å²) in [7, 11) is 0.